The Balaban J connectivity index is 1.91. The zero-order valence-electron chi connectivity index (χ0n) is 14.2. The Morgan fingerprint density at radius 3 is 2.56 bits per heavy atom. The molecule has 0 aliphatic carbocycles. The molecule has 2 aromatic heterocycles. The Hall–Kier alpha value is -2.78. The molecule has 0 atom stereocenters. The van der Waals surface area contributed by atoms with Crippen LogP contribution in [0.25, 0.3) is 11.0 Å². The standard InChI is InChI=1S/C16H19FN6O2/c1-23-15-12(8-19-23)14(20-11-6-4-10(17)5-7-11)21-16(22-15)18-9-13(24-2)25-3/h4-8,13H,9H2,1-3H3,(H2,18,20,21,22). The minimum atomic E-state index is -0.417. The highest BCUT2D eigenvalue weighted by Crippen LogP contribution is 2.25. The lowest BCUT2D eigenvalue weighted by atomic mass is 10.3. The number of nitrogens with one attached hydrogen (secondary N) is 2. The lowest BCUT2D eigenvalue weighted by molar-refractivity contribution is -0.0914. The summed E-state index contributed by atoms with van der Waals surface area (Å²) in [5.41, 5.74) is 1.37. The Morgan fingerprint density at radius 2 is 1.88 bits per heavy atom. The molecule has 0 aliphatic heterocycles. The maximum atomic E-state index is 13.1. The van der Waals surface area contributed by atoms with E-state index in [0.717, 1.165) is 5.39 Å². The molecule has 0 saturated carbocycles. The Bertz CT molecular complexity index is 848. The van der Waals surface area contributed by atoms with Crippen LogP contribution in [0.1, 0.15) is 0 Å². The zero-order valence-corrected chi connectivity index (χ0v) is 14.2. The smallest absolute Gasteiger partial charge is 0.226 e. The van der Waals surface area contributed by atoms with Gasteiger partial charge in [-0.3, -0.25) is 4.68 Å². The third-order valence-corrected chi connectivity index (χ3v) is 3.65. The van der Waals surface area contributed by atoms with Gasteiger partial charge in [0.25, 0.3) is 0 Å². The fourth-order valence-electron chi connectivity index (χ4n) is 2.30. The lowest BCUT2D eigenvalue weighted by Crippen LogP contribution is -2.24. The molecule has 0 bridgehead atoms. The first kappa shape index (κ1) is 17.1. The van der Waals surface area contributed by atoms with E-state index in [4.69, 9.17) is 9.47 Å². The molecule has 0 saturated heterocycles. The number of nitrogens with zero attached hydrogens (tertiary/aromatic N) is 4. The molecule has 25 heavy (non-hydrogen) atoms. The van der Waals surface area contributed by atoms with Crippen molar-refractivity contribution in [1.82, 2.24) is 19.7 Å². The number of ether oxygens (including phenoxy) is 2. The monoisotopic (exact) mass is 346 g/mol. The fourth-order valence-corrected chi connectivity index (χ4v) is 2.30. The molecule has 0 amide bonds. The maximum Gasteiger partial charge on any atom is 0.226 e. The molecular weight excluding hydrogens is 327 g/mol. The number of anilines is 3. The summed E-state index contributed by atoms with van der Waals surface area (Å²) in [6.45, 7) is 0.381. The van der Waals surface area contributed by atoms with Crippen LogP contribution < -0.4 is 10.6 Å². The molecule has 2 heterocycles. The van der Waals surface area contributed by atoms with E-state index >= 15 is 0 Å². The number of hydrogen-bond acceptors (Lipinski definition) is 7. The van der Waals surface area contributed by atoms with Crippen molar-refractivity contribution in [2.24, 2.45) is 7.05 Å². The van der Waals surface area contributed by atoms with Gasteiger partial charge in [-0.1, -0.05) is 0 Å². The normalized spacial score (nSPS) is 11.2. The predicted molar refractivity (Wildman–Crippen MR) is 92.3 cm³/mol. The largest absolute Gasteiger partial charge is 0.354 e. The Morgan fingerprint density at radius 1 is 1.16 bits per heavy atom. The van der Waals surface area contributed by atoms with Crippen molar-refractivity contribution in [2.75, 3.05) is 31.4 Å². The van der Waals surface area contributed by atoms with Crippen molar-refractivity contribution in [3.8, 4) is 0 Å². The lowest BCUT2D eigenvalue weighted by Gasteiger charge is -2.15. The van der Waals surface area contributed by atoms with E-state index < -0.39 is 6.29 Å². The number of rotatable bonds is 7. The van der Waals surface area contributed by atoms with E-state index in [1.54, 1.807) is 44.3 Å². The van der Waals surface area contributed by atoms with Crippen LogP contribution >= 0.6 is 0 Å². The van der Waals surface area contributed by atoms with Gasteiger partial charge in [-0.25, -0.2) is 4.39 Å². The maximum absolute atomic E-state index is 13.1. The number of methoxy groups -OCH3 is 2. The highest BCUT2D eigenvalue weighted by atomic mass is 19.1. The second-order valence-electron chi connectivity index (χ2n) is 5.32. The summed E-state index contributed by atoms with van der Waals surface area (Å²) < 4.78 is 25.0. The minimum absolute atomic E-state index is 0.299. The number of hydrogen-bond donors (Lipinski definition) is 2. The molecule has 0 fully saturated rings. The molecule has 0 spiro atoms. The highest BCUT2D eigenvalue weighted by molar-refractivity contribution is 5.89. The Labute approximate surface area is 144 Å². The molecule has 8 nitrogen and oxygen atoms in total. The number of aryl methyl sites for hydroxylation is 1. The molecule has 0 unspecified atom stereocenters. The molecular formula is C16H19FN6O2. The van der Waals surface area contributed by atoms with Gasteiger partial charge >= 0.3 is 0 Å². The highest BCUT2D eigenvalue weighted by Gasteiger charge is 2.13. The van der Waals surface area contributed by atoms with Crippen LogP contribution in [-0.4, -0.2) is 46.8 Å². The second kappa shape index (κ2) is 7.41. The van der Waals surface area contributed by atoms with Crippen molar-refractivity contribution in [2.45, 2.75) is 6.29 Å². The zero-order chi connectivity index (χ0) is 17.8. The van der Waals surface area contributed by atoms with E-state index in [1.165, 1.54) is 12.1 Å². The van der Waals surface area contributed by atoms with Crippen LogP contribution in [0.15, 0.2) is 30.5 Å². The van der Waals surface area contributed by atoms with Gasteiger partial charge in [-0.15, -0.1) is 0 Å². The third-order valence-electron chi connectivity index (χ3n) is 3.65. The second-order valence-corrected chi connectivity index (χ2v) is 5.32. The fraction of sp³-hybridized carbons (Fsp3) is 0.312. The first-order chi connectivity index (χ1) is 12.1. The van der Waals surface area contributed by atoms with Crippen molar-refractivity contribution < 1.29 is 13.9 Å². The van der Waals surface area contributed by atoms with Gasteiger partial charge in [0.05, 0.1) is 18.1 Å². The topological polar surface area (TPSA) is 86.1 Å². The Kier molecular flexibility index (Phi) is 5.05. The molecule has 3 aromatic rings. The number of halogens is 1. The molecule has 132 valence electrons. The molecule has 1 aromatic carbocycles. The minimum Gasteiger partial charge on any atom is -0.354 e. The summed E-state index contributed by atoms with van der Waals surface area (Å²) >= 11 is 0. The average molecular weight is 346 g/mol. The van der Waals surface area contributed by atoms with Crippen LogP contribution in [0.4, 0.5) is 21.8 Å². The van der Waals surface area contributed by atoms with E-state index in [0.29, 0.717) is 29.6 Å². The van der Waals surface area contributed by atoms with E-state index in [1.807, 2.05) is 0 Å². The van der Waals surface area contributed by atoms with Gasteiger partial charge in [-0.05, 0) is 24.3 Å². The van der Waals surface area contributed by atoms with Gasteiger partial charge in [0.2, 0.25) is 5.95 Å². The van der Waals surface area contributed by atoms with Crippen molar-refractivity contribution in [3.05, 3.63) is 36.3 Å². The van der Waals surface area contributed by atoms with Crippen molar-refractivity contribution in [1.29, 1.82) is 0 Å². The molecule has 9 heteroatoms. The quantitative estimate of drug-likeness (QED) is 0.635. The van der Waals surface area contributed by atoms with Crippen LogP contribution in [-0.2, 0) is 16.5 Å². The van der Waals surface area contributed by atoms with Gasteiger partial charge in [-0.2, -0.15) is 15.1 Å². The van der Waals surface area contributed by atoms with Gasteiger partial charge in [0, 0.05) is 27.0 Å². The first-order valence-electron chi connectivity index (χ1n) is 7.62. The summed E-state index contributed by atoms with van der Waals surface area (Å²) in [6.07, 6.45) is 1.26. The SMILES string of the molecule is COC(CNc1nc(Nc2ccc(F)cc2)c2cnn(C)c2n1)OC. The number of fused-ring (bicyclic) bond motifs is 1. The van der Waals surface area contributed by atoms with Gasteiger partial charge in [0.1, 0.15) is 11.6 Å². The first-order valence-corrected chi connectivity index (χ1v) is 7.62. The van der Waals surface area contributed by atoms with Gasteiger partial charge in [0.15, 0.2) is 11.9 Å². The van der Waals surface area contributed by atoms with E-state index in [-0.39, 0.29) is 5.82 Å². The van der Waals surface area contributed by atoms with Crippen LogP contribution in [0.2, 0.25) is 0 Å². The summed E-state index contributed by atoms with van der Waals surface area (Å²) in [5.74, 6) is 0.672. The number of benzene rings is 1. The van der Waals surface area contributed by atoms with Crippen LogP contribution in [0.5, 0.6) is 0 Å². The van der Waals surface area contributed by atoms with Crippen molar-refractivity contribution >= 4 is 28.5 Å². The average Bonchev–Trinajstić information content (AvgIpc) is 2.99. The summed E-state index contributed by atoms with van der Waals surface area (Å²) in [7, 11) is 4.92. The summed E-state index contributed by atoms with van der Waals surface area (Å²) in [6, 6.07) is 6.03. The third kappa shape index (κ3) is 3.83. The predicted octanol–water partition coefficient (Wildman–Crippen LogP) is 2.28. The van der Waals surface area contributed by atoms with Crippen molar-refractivity contribution in [3.63, 3.8) is 0 Å². The summed E-state index contributed by atoms with van der Waals surface area (Å²) in [5, 5.41) is 11.2. The van der Waals surface area contributed by atoms with Crippen LogP contribution in [0, 0.1) is 5.82 Å². The van der Waals surface area contributed by atoms with E-state index in [2.05, 4.69) is 25.7 Å². The molecule has 0 radical (unpaired) electrons. The van der Waals surface area contributed by atoms with Crippen LogP contribution in [0.3, 0.4) is 0 Å². The van der Waals surface area contributed by atoms with Gasteiger partial charge < -0.3 is 20.1 Å². The van der Waals surface area contributed by atoms with E-state index in [9.17, 15) is 4.39 Å². The molecule has 3 rings (SSSR count). The number of aromatic nitrogens is 4. The summed E-state index contributed by atoms with van der Waals surface area (Å²) in [4.78, 5) is 8.94. The molecule has 2 N–H and O–H groups in total. The molecule has 0 aliphatic rings.